The van der Waals surface area contributed by atoms with Crippen LogP contribution in [-0.2, 0) is 11.2 Å². The molecule has 0 saturated heterocycles. The first-order valence-corrected chi connectivity index (χ1v) is 5.72. The van der Waals surface area contributed by atoms with Crippen LogP contribution in [0.4, 0.5) is 0 Å². The number of hydrogen-bond acceptors (Lipinski definition) is 1. The number of rotatable bonds is 5. The number of benzene rings is 1. The van der Waals surface area contributed by atoms with Gasteiger partial charge in [0.15, 0.2) is 0 Å². The zero-order valence-electron chi connectivity index (χ0n) is 9.92. The van der Waals surface area contributed by atoms with Gasteiger partial charge in [0, 0.05) is 6.42 Å². The Bertz CT molecular complexity index is 328. The summed E-state index contributed by atoms with van der Waals surface area (Å²) in [5, 5.41) is 0. The van der Waals surface area contributed by atoms with E-state index in [0.717, 1.165) is 12.7 Å². The van der Waals surface area contributed by atoms with Gasteiger partial charge in [0.2, 0.25) is 0 Å². The van der Waals surface area contributed by atoms with E-state index in [2.05, 4.69) is 39.0 Å². The summed E-state index contributed by atoms with van der Waals surface area (Å²) in [5.41, 5.74) is 4.02. The van der Waals surface area contributed by atoms with E-state index in [1.165, 1.54) is 23.1 Å². The fourth-order valence-electron chi connectivity index (χ4n) is 1.76. The van der Waals surface area contributed by atoms with Crippen molar-refractivity contribution in [3.05, 3.63) is 34.9 Å². The minimum atomic E-state index is 0.628. The van der Waals surface area contributed by atoms with E-state index in [1.807, 2.05) is 0 Å². The fourth-order valence-corrected chi connectivity index (χ4v) is 1.76. The molecule has 0 fully saturated rings. The van der Waals surface area contributed by atoms with Gasteiger partial charge in [-0.2, -0.15) is 0 Å². The summed E-state index contributed by atoms with van der Waals surface area (Å²) in [5.74, 6) is 0.629. The third kappa shape index (κ3) is 3.19. The predicted molar refractivity (Wildman–Crippen MR) is 64.3 cm³/mol. The molecule has 0 spiro atoms. The lowest BCUT2D eigenvalue weighted by molar-refractivity contribution is -0.107. The molecule has 0 aliphatic rings. The quantitative estimate of drug-likeness (QED) is 0.669. The van der Waals surface area contributed by atoms with Gasteiger partial charge in [0.05, 0.1) is 0 Å². The van der Waals surface area contributed by atoms with Gasteiger partial charge in [0.25, 0.3) is 0 Å². The Morgan fingerprint density at radius 1 is 1.40 bits per heavy atom. The number of aryl methyl sites for hydroxylation is 2. The smallest absolute Gasteiger partial charge is 0.120 e. The maximum absolute atomic E-state index is 10.3. The molecular weight excluding hydrogens is 184 g/mol. The largest absolute Gasteiger partial charge is 0.303 e. The molecule has 0 heterocycles. The Hall–Kier alpha value is -1.11. The summed E-state index contributed by atoms with van der Waals surface area (Å²) >= 11 is 0. The summed E-state index contributed by atoms with van der Waals surface area (Å²) in [7, 11) is 0. The molecule has 82 valence electrons. The highest BCUT2D eigenvalue weighted by Crippen LogP contribution is 2.21. The minimum absolute atomic E-state index is 0.628. The van der Waals surface area contributed by atoms with Crippen molar-refractivity contribution >= 4 is 6.29 Å². The van der Waals surface area contributed by atoms with Crippen molar-refractivity contribution in [3.8, 4) is 0 Å². The Labute approximate surface area is 92.5 Å². The molecule has 0 aromatic heterocycles. The van der Waals surface area contributed by atoms with Crippen LogP contribution in [0.15, 0.2) is 18.2 Å². The van der Waals surface area contributed by atoms with E-state index in [0.29, 0.717) is 12.3 Å². The summed E-state index contributed by atoms with van der Waals surface area (Å²) in [6, 6.07) is 6.62. The van der Waals surface area contributed by atoms with Crippen molar-refractivity contribution < 1.29 is 4.79 Å². The van der Waals surface area contributed by atoms with Crippen molar-refractivity contribution in [2.75, 3.05) is 0 Å². The van der Waals surface area contributed by atoms with Crippen LogP contribution in [0, 0.1) is 6.92 Å². The summed E-state index contributed by atoms with van der Waals surface area (Å²) < 4.78 is 0. The Morgan fingerprint density at radius 3 is 2.67 bits per heavy atom. The van der Waals surface area contributed by atoms with Gasteiger partial charge in [-0.1, -0.05) is 32.0 Å². The fraction of sp³-hybridized carbons (Fsp3) is 0.500. The van der Waals surface area contributed by atoms with Gasteiger partial charge in [-0.15, -0.1) is 0 Å². The molecule has 0 aliphatic heterocycles. The first kappa shape index (κ1) is 12.0. The molecule has 15 heavy (non-hydrogen) atoms. The van der Waals surface area contributed by atoms with Gasteiger partial charge < -0.3 is 4.79 Å². The maximum Gasteiger partial charge on any atom is 0.120 e. The standard InChI is InChI=1S/C14H20O/c1-4-11(2)14-8-7-13(6-5-9-15)12(3)10-14/h7-11H,4-6H2,1-3H3. The lowest BCUT2D eigenvalue weighted by Crippen LogP contribution is -1.96. The van der Waals surface area contributed by atoms with Crippen LogP contribution >= 0.6 is 0 Å². The molecule has 1 unspecified atom stereocenters. The van der Waals surface area contributed by atoms with Crippen LogP contribution in [0.1, 0.15) is 49.3 Å². The van der Waals surface area contributed by atoms with Crippen LogP contribution in [0.3, 0.4) is 0 Å². The van der Waals surface area contributed by atoms with Crippen molar-refractivity contribution in [1.82, 2.24) is 0 Å². The molecule has 1 nitrogen and oxygen atoms in total. The molecule has 1 aromatic carbocycles. The second-order valence-electron chi connectivity index (χ2n) is 4.20. The summed E-state index contributed by atoms with van der Waals surface area (Å²) in [6.07, 6.45) is 3.66. The average molecular weight is 204 g/mol. The molecule has 0 N–H and O–H groups in total. The molecule has 0 bridgehead atoms. The number of hydrogen-bond donors (Lipinski definition) is 0. The monoisotopic (exact) mass is 204 g/mol. The first-order valence-electron chi connectivity index (χ1n) is 5.72. The molecular formula is C14H20O. The number of carbonyl (C=O) groups excluding carboxylic acids is 1. The molecule has 1 atom stereocenters. The number of aldehydes is 1. The Morgan fingerprint density at radius 2 is 2.13 bits per heavy atom. The SMILES string of the molecule is CCC(C)c1ccc(CCC=O)c(C)c1. The normalized spacial score (nSPS) is 12.5. The van der Waals surface area contributed by atoms with Crippen molar-refractivity contribution in [1.29, 1.82) is 0 Å². The minimum Gasteiger partial charge on any atom is -0.303 e. The molecule has 0 aliphatic carbocycles. The molecule has 1 heteroatoms. The predicted octanol–water partition coefficient (Wildman–Crippen LogP) is 3.64. The highest BCUT2D eigenvalue weighted by Gasteiger charge is 2.05. The van der Waals surface area contributed by atoms with Crippen LogP contribution in [-0.4, -0.2) is 6.29 Å². The van der Waals surface area contributed by atoms with E-state index in [1.54, 1.807) is 0 Å². The third-order valence-electron chi connectivity index (χ3n) is 3.08. The van der Waals surface area contributed by atoms with Crippen molar-refractivity contribution in [3.63, 3.8) is 0 Å². The zero-order chi connectivity index (χ0) is 11.3. The van der Waals surface area contributed by atoms with E-state index in [-0.39, 0.29) is 0 Å². The first-order chi connectivity index (χ1) is 7.19. The molecule has 0 radical (unpaired) electrons. The van der Waals surface area contributed by atoms with Crippen LogP contribution in [0.5, 0.6) is 0 Å². The van der Waals surface area contributed by atoms with E-state index < -0.39 is 0 Å². The second kappa shape index (κ2) is 5.69. The van der Waals surface area contributed by atoms with E-state index in [4.69, 9.17) is 0 Å². The zero-order valence-corrected chi connectivity index (χ0v) is 9.92. The average Bonchev–Trinajstić information content (AvgIpc) is 2.26. The van der Waals surface area contributed by atoms with Gasteiger partial charge >= 0.3 is 0 Å². The van der Waals surface area contributed by atoms with Gasteiger partial charge in [-0.25, -0.2) is 0 Å². The Balaban J connectivity index is 2.82. The third-order valence-corrected chi connectivity index (χ3v) is 3.08. The maximum atomic E-state index is 10.3. The highest BCUT2D eigenvalue weighted by atomic mass is 16.1. The van der Waals surface area contributed by atoms with Gasteiger partial charge in [0.1, 0.15) is 6.29 Å². The number of carbonyl (C=O) groups is 1. The topological polar surface area (TPSA) is 17.1 Å². The summed E-state index contributed by atoms with van der Waals surface area (Å²) in [4.78, 5) is 10.3. The van der Waals surface area contributed by atoms with Crippen LogP contribution < -0.4 is 0 Å². The van der Waals surface area contributed by atoms with Crippen molar-refractivity contribution in [2.45, 2.75) is 46.0 Å². The van der Waals surface area contributed by atoms with Crippen LogP contribution in [0.2, 0.25) is 0 Å². The highest BCUT2D eigenvalue weighted by molar-refractivity contribution is 5.50. The van der Waals surface area contributed by atoms with Crippen LogP contribution in [0.25, 0.3) is 0 Å². The summed E-state index contributed by atoms with van der Waals surface area (Å²) in [6.45, 7) is 6.59. The van der Waals surface area contributed by atoms with Gasteiger partial charge in [-0.05, 0) is 42.4 Å². The Kier molecular flexibility index (Phi) is 4.54. The van der Waals surface area contributed by atoms with Gasteiger partial charge in [-0.3, -0.25) is 0 Å². The molecule has 0 saturated carbocycles. The molecule has 1 aromatic rings. The lowest BCUT2D eigenvalue weighted by atomic mass is 9.94. The molecule has 1 rings (SSSR count). The van der Waals surface area contributed by atoms with Crippen molar-refractivity contribution in [2.24, 2.45) is 0 Å². The molecule has 0 amide bonds. The van der Waals surface area contributed by atoms with E-state index >= 15 is 0 Å². The second-order valence-corrected chi connectivity index (χ2v) is 4.20. The van der Waals surface area contributed by atoms with E-state index in [9.17, 15) is 4.79 Å². The lowest BCUT2D eigenvalue weighted by Gasteiger charge is -2.12.